The van der Waals surface area contributed by atoms with Crippen molar-refractivity contribution in [1.82, 2.24) is 9.97 Å². The van der Waals surface area contributed by atoms with Gasteiger partial charge in [0.1, 0.15) is 16.0 Å². The Hall–Kier alpha value is -1.29. The Morgan fingerprint density at radius 1 is 1.35 bits per heavy atom. The number of imidazole rings is 1. The molecule has 0 aliphatic heterocycles. The second-order valence-electron chi connectivity index (χ2n) is 4.18. The molecular formula is C13H15BrN2O. The summed E-state index contributed by atoms with van der Waals surface area (Å²) in [5, 5.41) is 0. The number of rotatable bonds is 3. The van der Waals surface area contributed by atoms with E-state index in [1.54, 1.807) is 13.4 Å². The summed E-state index contributed by atoms with van der Waals surface area (Å²) in [6.45, 7) is 4.34. The molecule has 0 aliphatic rings. The molecule has 0 radical (unpaired) electrons. The topological polar surface area (TPSA) is 37.9 Å². The lowest BCUT2D eigenvalue weighted by atomic mass is 9.99. The smallest absolute Gasteiger partial charge is 0.128 e. The van der Waals surface area contributed by atoms with Crippen molar-refractivity contribution in [2.45, 2.75) is 19.8 Å². The monoisotopic (exact) mass is 294 g/mol. The molecule has 3 nitrogen and oxygen atoms in total. The Labute approximate surface area is 109 Å². The number of benzene rings is 1. The summed E-state index contributed by atoms with van der Waals surface area (Å²) < 4.78 is 6.26. The van der Waals surface area contributed by atoms with Crippen molar-refractivity contribution in [2.24, 2.45) is 0 Å². The summed E-state index contributed by atoms with van der Waals surface area (Å²) in [5.74, 6) is 1.32. The summed E-state index contributed by atoms with van der Waals surface area (Å²) in [7, 11) is 1.68. The van der Waals surface area contributed by atoms with Crippen molar-refractivity contribution in [3.8, 4) is 17.0 Å². The van der Waals surface area contributed by atoms with E-state index in [1.807, 2.05) is 6.07 Å². The minimum absolute atomic E-state index is 0.484. The van der Waals surface area contributed by atoms with Crippen LogP contribution in [-0.2, 0) is 0 Å². The first-order valence-electron chi connectivity index (χ1n) is 5.50. The first-order chi connectivity index (χ1) is 8.13. The molecule has 0 bridgehead atoms. The molecule has 0 amide bonds. The molecule has 0 saturated heterocycles. The van der Waals surface area contributed by atoms with Crippen LogP contribution in [0.25, 0.3) is 11.3 Å². The number of nitrogens with zero attached hydrogens (tertiary/aromatic N) is 1. The van der Waals surface area contributed by atoms with Gasteiger partial charge in [-0.05, 0) is 39.5 Å². The van der Waals surface area contributed by atoms with Gasteiger partial charge in [-0.1, -0.05) is 19.9 Å². The third-order valence-electron chi connectivity index (χ3n) is 2.74. The maximum Gasteiger partial charge on any atom is 0.128 e. The maximum atomic E-state index is 5.38. The molecule has 2 rings (SSSR count). The van der Waals surface area contributed by atoms with Crippen LogP contribution in [-0.4, -0.2) is 17.1 Å². The van der Waals surface area contributed by atoms with Crippen molar-refractivity contribution >= 4 is 15.9 Å². The highest BCUT2D eigenvalue weighted by Gasteiger charge is 2.13. The number of halogens is 1. The summed E-state index contributed by atoms with van der Waals surface area (Å²) in [4.78, 5) is 7.33. The van der Waals surface area contributed by atoms with Gasteiger partial charge in [-0.3, -0.25) is 0 Å². The molecule has 0 spiro atoms. The molecule has 17 heavy (non-hydrogen) atoms. The molecular weight excluding hydrogens is 280 g/mol. The van der Waals surface area contributed by atoms with Crippen molar-refractivity contribution in [3.05, 3.63) is 34.7 Å². The second-order valence-corrected chi connectivity index (χ2v) is 4.97. The van der Waals surface area contributed by atoms with E-state index >= 15 is 0 Å². The SMILES string of the molecule is COc1ccc(C(C)C)cc1-c1nc[nH]c1Br. The van der Waals surface area contributed by atoms with Crippen LogP contribution in [0.1, 0.15) is 25.3 Å². The highest BCUT2D eigenvalue weighted by atomic mass is 79.9. The van der Waals surface area contributed by atoms with Crippen LogP contribution in [0, 0.1) is 0 Å². The van der Waals surface area contributed by atoms with Gasteiger partial charge in [-0.15, -0.1) is 0 Å². The molecule has 0 fully saturated rings. The van der Waals surface area contributed by atoms with Crippen LogP contribution in [0.4, 0.5) is 0 Å². The number of methoxy groups -OCH3 is 1. The highest BCUT2D eigenvalue weighted by molar-refractivity contribution is 9.10. The largest absolute Gasteiger partial charge is 0.496 e. The first kappa shape index (κ1) is 12.2. The molecule has 0 aliphatic carbocycles. The summed E-state index contributed by atoms with van der Waals surface area (Å²) in [5.41, 5.74) is 3.16. The maximum absolute atomic E-state index is 5.38. The number of H-pyrrole nitrogens is 1. The van der Waals surface area contributed by atoms with Crippen molar-refractivity contribution in [2.75, 3.05) is 7.11 Å². The average molecular weight is 295 g/mol. The lowest BCUT2D eigenvalue weighted by Gasteiger charge is -2.11. The van der Waals surface area contributed by atoms with Gasteiger partial charge in [0.15, 0.2) is 0 Å². The van der Waals surface area contributed by atoms with E-state index in [0.29, 0.717) is 5.92 Å². The van der Waals surface area contributed by atoms with Gasteiger partial charge >= 0.3 is 0 Å². The molecule has 1 aromatic carbocycles. The number of hydrogen-bond acceptors (Lipinski definition) is 2. The van der Waals surface area contributed by atoms with E-state index in [2.05, 4.69) is 51.9 Å². The molecule has 1 N–H and O–H groups in total. The Morgan fingerprint density at radius 2 is 2.12 bits per heavy atom. The van der Waals surface area contributed by atoms with Gasteiger partial charge in [0, 0.05) is 5.56 Å². The number of aromatic amines is 1. The van der Waals surface area contributed by atoms with Crippen LogP contribution in [0.2, 0.25) is 0 Å². The van der Waals surface area contributed by atoms with E-state index in [0.717, 1.165) is 21.6 Å². The van der Waals surface area contributed by atoms with Crippen LogP contribution < -0.4 is 4.74 Å². The lowest BCUT2D eigenvalue weighted by Crippen LogP contribution is -1.93. The minimum atomic E-state index is 0.484. The minimum Gasteiger partial charge on any atom is -0.496 e. The number of hydrogen-bond donors (Lipinski definition) is 1. The van der Waals surface area contributed by atoms with Crippen LogP contribution in [0.5, 0.6) is 5.75 Å². The predicted molar refractivity (Wildman–Crippen MR) is 72.4 cm³/mol. The third-order valence-corrected chi connectivity index (χ3v) is 3.34. The zero-order valence-electron chi connectivity index (χ0n) is 10.1. The van der Waals surface area contributed by atoms with Gasteiger partial charge in [0.25, 0.3) is 0 Å². The number of ether oxygens (including phenoxy) is 1. The standard InChI is InChI=1S/C13H15BrN2O/c1-8(2)9-4-5-11(17-3)10(6-9)12-13(14)16-7-15-12/h4-8H,1-3H3,(H,15,16). The fraction of sp³-hybridized carbons (Fsp3) is 0.308. The molecule has 1 aromatic heterocycles. The highest BCUT2D eigenvalue weighted by Crippen LogP contribution is 2.34. The number of nitrogens with one attached hydrogen (secondary N) is 1. The fourth-order valence-electron chi connectivity index (χ4n) is 1.74. The summed E-state index contributed by atoms with van der Waals surface area (Å²) >= 11 is 3.45. The van der Waals surface area contributed by atoms with Gasteiger partial charge in [0.2, 0.25) is 0 Å². The Morgan fingerprint density at radius 3 is 2.65 bits per heavy atom. The van der Waals surface area contributed by atoms with Gasteiger partial charge in [0.05, 0.1) is 13.4 Å². The van der Waals surface area contributed by atoms with Crippen molar-refractivity contribution in [1.29, 1.82) is 0 Å². The third kappa shape index (κ3) is 2.36. The predicted octanol–water partition coefficient (Wildman–Crippen LogP) is 3.97. The fourth-order valence-corrected chi connectivity index (χ4v) is 2.15. The Kier molecular flexibility index (Phi) is 3.52. The van der Waals surface area contributed by atoms with E-state index < -0.39 is 0 Å². The van der Waals surface area contributed by atoms with Crippen LogP contribution in [0.15, 0.2) is 29.1 Å². The van der Waals surface area contributed by atoms with Crippen LogP contribution >= 0.6 is 15.9 Å². The zero-order chi connectivity index (χ0) is 12.4. The van der Waals surface area contributed by atoms with Crippen molar-refractivity contribution in [3.63, 3.8) is 0 Å². The lowest BCUT2D eigenvalue weighted by molar-refractivity contribution is 0.416. The van der Waals surface area contributed by atoms with Crippen LogP contribution in [0.3, 0.4) is 0 Å². The molecule has 0 atom stereocenters. The quantitative estimate of drug-likeness (QED) is 0.930. The second kappa shape index (κ2) is 4.92. The molecule has 4 heteroatoms. The molecule has 90 valence electrons. The average Bonchev–Trinajstić information content (AvgIpc) is 2.74. The Balaban J connectivity index is 2.57. The normalized spacial score (nSPS) is 10.9. The van der Waals surface area contributed by atoms with Gasteiger partial charge < -0.3 is 9.72 Å². The zero-order valence-corrected chi connectivity index (χ0v) is 11.7. The van der Waals surface area contributed by atoms with E-state index in [-0.39, 0.29) is 0 Å². The summed E-state index contributed by atoms with van der Waals surface area (Å²) in [6, 6.07) is 6.21. The van der Waals surface area contributed by atoms with Gasteiger partial charge in [-0.2, -0.15) is 0 Å². The molecule has 0 unspecified atom stereocenters. The molecule has 1 heterocycles. The van der Waals surface area contributed by atoms with Crippen molar-refractivity contribution < 1.29 is 4.74 Å². The number of aromatic nitrogens is 2. The van der Waals surface area contributed by atoms with E-state index in [9.17, 15) is 0 Å². The molecule has 2 aromatic rings. The Bertz CT molecular complexity index is 520. The van der Waals surface area contributed by atoms with E-state index in [1.165, 1.54) is 5.56 Å². The molecule has 0 saturated carbocycles. The van der Waals surface area contributed by atoms with Gasteiger partial charge in [-0.25, -0.2) is 4.98 Å². The first-order valence-corrected chi connectivity index (χ1v) is 6.30. The summed E-state index contributed by atoms with van der Waals surface area (Å²) in [6.07, 6.45) is 1.67. The van der Waals surface area contributed by atoms with E-state index in [4.69, 9.17) is 4.74 Å².